The summed E-state index contributed by atoms with van der Waals surface area (Å²) in [6.07, 6.45) is 3.04. The number of ketones is 1. The van der Waals surface area contributed by atoms with Crippen molar-refractivity contribution in [2.24, 2.45) is 0 Å². The van der Waals surface area contributed by atoms with Crippen LogP contribution < -0.4 is 0 Å². The Morgan fingerprint density at radius 1 is 1.29 bits per heavy atom. The number of aromatic amines is 1. The molecular formula is C16H11F2N3O3. The molecule has 0 bridgehead atoms. The minimum atomic E-state index is -0.793. The summed E-state index contributed by atoms with van der Waals surface area (Å²) >= 11 is 0. The van der Waals surface area contributed by atoms with Crippen molar-refractivity contribution >= 4 is 11.5 Å². The van der Waals surface area contributed by atoms with Crippen LogP contribution in [0.25, 0.3) is 5.76 Å². The van der Waals surface area contributed by atoms with E-state index in [9.17, 15) is 18.7 Å². The smallest absolute Gasteiger partial charge is 0.226 e. The Morgan fingerprint density at radius 3 is 2.71 bits per heavy atom. The Labute approximate surface area is 134 Å². The van der Waals surface area contributed by atoms with E-state index in [2.05, 4.69) is 15.2 Å². The van der Waals surface area contributed by atoms with E-state index in [1.165, 1.54) is 24.3 Å². The van der Waals surface area contributed by atoms with Crippen LogP contribution in [0.4, 0.5) is 8.78 Å². The van der Waals surface area contributed by atoms with Crippen LogP contribution in [0.15, 0.2) is 47.3 Å². The predicted molar refractivity (Wildman–Crippen MR) is 79.2 cm³/mol. The highest BCUT2D eigenvalue weighted by Gasteiger charge is 2.18. The molecule has 1 aromatic carbocycles. The number of rotatable bonds is 5. The topological polar surface area (TPSA) is 92.0 Å². The van der Waals surface area contributed by atoms with Crippen LogP contribution in [-0.2, 0) is 6.42 Å². The molecule has 0 spiro atoms. The van der Waals surface area contributed by atoms with Crippen LogP contribution >= 0.6 is 0 Å². The van der Waals surface area contributed by atoms with Gasteiger partial charge in [-0.3, -0.25) is 9.89 Å². The Kier molecular flexibility index (Phi) is 4.19. The predicted octanol–water partition coefficient (Wildman–Crippen LogP) is 3.05. The van der Waals surface area contributed by atoms with Crippen molar-refractivity contribution in [3.8, 4) is 0 Å². The maximum absolute atomic E-state index is 14.3. The molecule has 0 saturated carbocycles. The van der Waals surface area contributed by atoms with E-state index in [0.29, 0.717) is 5.56 Å². The molecule has 6 nitrogen and oxygen atoms in total. The maximum Gasteiger partial charge on any atom is 0.226 e. The number of aromatic nitrogens is 3. The largest absolute Gasteiger partial charge is 0.507 e. The maximum atomic E-state index is 14.3. The van der Waals surface area contributed by atoms with Crippen molar-refractivity contribution in [2.45, 2.75) is 6.42 Å². The molecule has 2 aromatic heterocycles. The standard InChI is InChI=1S/C16H11F2N3O3/c17-10-3-1-9(2-4-10)5-14-15(18)11(7-24-14)12(22)6-13(23)16-19-8-20-21-16/h1-4,6-8,22H,5H2,(H,19,20,21). The highest BCUT2D eigenvalue weighted by molar-refractivity contribution is 6.05. The molecule has 3 rings (SSSR count). The highest BCUT2D eigenvalue weighted by Crippen LogP contribution is 2.24. The summed E-state index contributed by atoms with van der Waals surface area (Å²) in [5.41, 5.74) is 0.386. The second-order valence-electron chi connectivity index (χ2n) is 4.92. The monoisotopic (exact) mass is 331 g/mol. The normalized spacial score (nSPS) is 11.7. The fraction of sp³-hybridized carbons (Fsp3) is 0.0625. The minimum absolute atomic E-state index is 0.0383. The first-order valence-electron chi connectivity index (χ1n) is 6.85. The molecule has 3 aromatic rings. The van der Waals surface area contributed by atoms with Gasteiger partial charge in [0, 0.05) is 12.5 Å². The number of nitrogens with one attached hydrogen (secondary N) is 1. The van der Waals surface area contributed by atoms with E-state index >= 15 is 0 Å². The summed E-state index contributed by atoms with van der Waals surface area (Å²) in [7, 11) is 0. The molecule has 0 aliphatic carbocycles. The second kappa shape index (κ2) is 6.45. The second-order valence-corrected chi connectivity index (χ2v) is 4.92. The van der Waals surface area contributed by atoms with E-state index in [4.69, 9.17) is 4.42 Å². The van der Waals surface area contributed by atoms with Gasteiger partial charge in [0.25, 0.3) is 0 Å². The molecule has 24 heavy (non-hydrogen) atoms. The van der Waals surface area contributed by atoms with E-state index in [1.807, 2.05) is 0 Å². The summed E-state index contributed by atoms with van der Waals surface area (Å²) in [6, 6.07) is 5.51. The first kappa shape index (κ1) is 15.6. The molecule has 0 amide bonds. The van der Waals surface area contributed by atoms with Crippen molar-refractivity contribution in [1.82, 2.24) is 15.2 Å². The van der Waals surface area contributed by atoms with Gasteiger partial charge in [0.2, 0.25) is 5.78 Å². The number of benzene rings is 1. The Morgan fingerprint density at radius 2 is 2.04 bits per heavy atom. The minimum Gasteiger partial charge on any atom is -0.507 e. The van der Waals surface area contributed by atoms with Crippen molar-refractivity contribution in [1.29, 1.82) is 0 Å². The number of aliphatic hydroxyl groups is 1. The number of aliphatic hydroxyl groups excluding tert-OH is 1. The lowest BCUT2D eigenvalue weighted by atomic mass is 10.1. The number of nitrogens with zero attached hydrogens (tertiary/aromatic N) is 2. The SMILES string of the molecule is O=C(C=C(O)c1coc(Cc2ccc(F)cc2)c1F)c1ncn[nH]1. The first-order chi connectivity index (χ1) is 11.5. The summed E-state index contributed by atoms with van der Waals surface area (Å²) in [5, 5.41) is 15.8. The molecule has 8 heteroatoms. The molecule has 122 valence electrons. The van der Waals surface area contributed by atoms with E-state index in [-0.39, 0.29) is 23.6 Å². The fourth-order valence-corrected chi connectivity index (χ4v) is 2.06. The number of carbonyl (C=O) groups is 1. The Hall–Kier alpha value is -3.29. The van der Waals surface area contributed by atoms with Gasteiger partial charge in [0.05, 0.1) is 5.56 Å². The van der Waals surface area contributed by atoms with Gasteiger partial charge in [-0.1, -0.05) is 12.1 Å². The molecule has 0 unspecified atom stereocenters. The lowest BCUT2D eigenvalue weighted by Crippen LogP contribution is -2.00. The van der Waals surface area contributed by atoms with Crippen molar-refractivity contribution in [3.63, 3.8) is 0 Å². The molecule has 2 N–H and O–H groups in total. The summed E-state index contributed by atoms with van der Waals surface area (Å²) < 4.78 is 32.3. The number of hydrogen-bond donors (Lipinski definition) is 2. The van der Waals surface area contributed by atoms with E-state index in [1.54, 1.807) is 0 Å². The van der Waals surface area contributed by atoms with Crippen molar-refractivity contribution in [3.05, 3.63) is 77.3 Å². The Balaban J connectivity index is 1.81. The zero-order valence-corrected chi connectivity index (χ0v) is 12.2. The van der Waals surface area contributed by atoms with Crippen LogP contribution in [0.2, 0.25) is 0 Å². The van der Waals surface area contributed by atoms with Crippen LogP contribution in [-0.4, -0.2) is 26.1 Å². The molecule has 0 saturated heterocycles. The summed E-state index contributed by atoms with van der Waals surface area (Å²) in [4.78, 5) is 15.4. The van der Waals surface area contributed by atoms with E-state index < -0.39 is 23.2 Å². The zero-order valence-electron chi connectivity index (χ0n) is 12.2. The van der Waals surface area contributed by atoms with Gasteiger partial charge >= 0.3 is 0 Å². The number of hydrogen-bond acceptors (Lipinski definition) is 5. The van der Waals surface area contributed by atoms with Gasteiger partial charge in [-0.25, -0.2) is 13.8 Å². The number of furan rings is 1. The van der Waals surface area contributed by atoms with E-state index in [0.717, 1.165) is 18.7 Å². The van der Waals surface area contributed by atoms with Gasteiger partial charge in [0.15, 0.2) is 11.6 Å². The van der Waals surface area contributed by atoms with Gasteiger partial charge < -0.3 is 9.52 Å². The molecule has 0 atom stereocenters. The molecular weight excluding hydrogens is 320 g/mol. The average molecular weight is 331 g/mol. The van der Waals surface area contributed by atoms with Crippen molar-refractivity contribution in [2.75, 3.05) is 0 Å². The van der Waals surface area contributed by atoms with Crippen LogP contribution in [0.1, 0.15) is 27.5 Å². The molecule has 0 radical (unpaired) electrons. The average Bonchev–Trinajstić information content (AvgIpc) is 3.20. The third-order valence-corrected chi connectivity index (χ3v) is 3.27. The quantitative estimate of drug-likeness (QED) is 0.426. The first-order valence-corrected chi connectivity index (χ1v) is 6.85. The van der Waals surface area contributed by atoms with Crippen LogP contribution in [0, 0.1) is 11.6 Å². The molecule has 0 aliphatic rings. The van der Waals surface area contributed by atoms with Crippen LogP contribution in [0.3, 0.4) is 0 Å². The third kappa shape index (κ3) is 3.22. The lowest BCUT2D eigenvalue weighted by Gasteiger charge is -1.99. The summed E-state index contributed by atoms with van der Waals surface area (Å²) in [6.45, 7) is 0. The number of H-pyrrole nitrogens is 1. The fourth-order valence-electron chi connectivity index (χ4n) is 2.06. The lowest BCUT2D eigenvalue weighted by molar-refractivity contribution is 0.103. The van der Waals surface area contributed by atoms with Crippen LogP contribution in [0.5, 0.6) is 0 Å². The van der Waals surface area contributed by atoms with Gasteiger partial charge in [-0.05, 0) is 17.7 Å². The highest BCUT2D eigenvalue weighted by atomic mass is 19.1. The molecule has 0 aliphatic heterocycles. The van der Waals surface area contributed by atoms with Crippen molar-refractivity contribution < 1.29 is 23.1 Å². The molecule has 0 fully saturated rings. The Bertz CT molecular complexity index is 884. The number of carbonyl (C=O) groups excluding carboxylic acids is 1. The zero-order chi connectivity index (χ0) is 17.1. The van der Waals surface area contributed by atoms with Gasteiger partial charge in [-0.2, -0.15) is 5.10 Å². The number of halogens is 2. The summed E-state index contributed by atoms with van der Waals surface area (Å²) in [5.74, 6) is -2.57. The molecule has 2 heterocycles. The third-order valence-electron chi connectivity index (χ3n) is 3.27. The van der Waals surface area contributed by atoms with Gasteiger partial charge in [0.1, 0.15) is 29.9 Å². The van der Waals surface area contributed by atoms with Gasteiger partial charge in [-0.15, -0.1) is 0 Å². The number of allylic oxidation sites excluding steroid dienone is 1.